The minimum atomic E-state index is -4.02. The van der Waals surface area contributed by atoms with Gasteiger partial charge in [-0.1, -0.05) is 24.3 Å². The molecule has 0 radical (unpaired) electrons. The number of hydrogen-bond acceptors (Lipinski definition) is 9. The molecule has 0 fully saturated rings. The van der Waals surface area contributed by atoms with E-state index in [1.54, 1.807) is 12.1 Å². The number of rotatable bonds is 9. The summed E-state index contributed by atoms with van der Waals surface area (Å²) in [7, 11) is -4.02. The van der Waals surface area contributed by atoms with Crippen LogP contribution in [0.25, 0.3) is 11.1 Å². The lowest BCUT2D eigenvalue weighted by Gasteiger charge is -2.15. The molecule has 0 saturated carbocycles. The molecule has 0 amide bonds. The van der Waals surface area contributed by atoms with Gasteiger partial charge in [0.25, 0.3) is 21.4 Å². The van der Waals surface area contributed by atoms with Crippen LogP contribution < -0.4 is 10.0 Å². The second-order valence-electron chi connectivity index (χ2n) is 7.91. The largest absolute Gasteiger partial charge is 0.348 e. The van der Waals surface area contributed by atoms with Crippen molar-refractivity contribution in [3.05, 3.63) is 111 Å². The Bertz CT molecular complexity index is 1540. The van der Waals surface area contributed by atoms with Gasteiger partial charge in [-0.2, -0.15) is 4.98 Å². The van der Waals surface area contributed by atoms with Gasteiger partial charge in [0.15, 0.2) is 0 Å². The quantitative estimate of drug-likeness (QED) is 0.229. The predicted octanol–water partition coefficient (Wildman–Crippen LogP) is 4.93. The van der Waals surface area contributed by atoms with E-state index >= 15 is 0 Å². The average Bonchev–Trinajstić information content (AvgIpc) is 2.89. The molecule has 12 nitrogen and oxygen atoms in total. The van der Waals surface area contributed by atoms with E-state index in [9.17, 15) is 28.6 Å². The van der Waals surface area contributed by atoms with Gasteiger partial charge in [0.1, 0.15) is 5.82 Å². The van der Waals surface area contributed by atoms with Crippen LogP contribution in [0.1, 0.15) is 18.5 Å². The Morgan fingerprint density at radius 1 is 0.784 bits per heavy atom. The Morgan fingerprint density at radius 3 is 1.84 bits per heavy atom. The Kier molecular flexibility index (Phi) is 7.06. The molecule has 0 spiro atoms. The first-order valence-corrected chi connectivity index (χ1v) is 12.3. The highest BCUT2D eigenvalue weighted by Crippen LogP contribution is 2.25. The van der Waals surface area contributed by atoms with Gasteiger partial charge in [0, 0.05) is 30.5 Å². The molecule has 0 bridgehead atoms. The standard InChI is InChI=1S/C24H20N6O6S/c1-16(17-2-4-18(5-3-17)19-6-8-20(9-7-19)29(31)32)26-24-25-15-14-23(27-24)28-37(35,36)22-12-10-21(11-13-22)30(33)34/h2-16H,1H3,(H2,25,26,27,28)/t16-/m0/s1. The summed E-state index contributed by atoms with van der Waals surface area (Å²) in [6.45, 7) is 1.89. The first-order chi connectivity index (χ1) is 17.6. The summed E-state index contributed by atoms with van der Waals surface area (Å²) in [6, 6.07) is 19.5. The van der Waals surface area contributed by atoms with E-state index < -0.39 is 19.9 Å². The van der Waals surface area contributed by atoms with Crippen molar-refractivity contribution in [1.82, 2.24) is 9.97 Å². The number of sulfonamides is 1. The third-order valence-electron chi connectivity index (χ3n) is 5.42. The highest BCUT2D eigenvalue weighted by Gasteiger charge is 2.17. The van der Waals surface area contributed by atoms with Gasteiger partial charge in [-0.3, -0.25) is 25.0 Å². The van der Waals surface area contributed by atoms with Gasteiger partial charge >= 0.3 is 0 Å². The van der Waals surface area contributed by atoms with Crippen LogP contribution in [0.5, 0.6) is 0 Å². The molecule has 1 atom stereocenters. The fraction of sp³-hybridized carbons (Fsp3) is 0.0833. The summed E-state index contributed by atoms with van der Waals surface area (Å²) in [4.78, 5) is 28.8. The fourth-order valence-corrected chi connectivity index (χ4v) is 4.45. The summed E-state index contributed by atoms with van der Waals surface area (Å²) in [5.41, 5.74) is 2.45. The number of aromatic nitrogens is 2. The third kappa shape index (κ3) is 6.02. The van der Waals surface area contributed by atoms with E-state index in [0.29, 0.717) is 0 Å². The van der Waals surface area contributed by atoms with Gasteiger partial charge in [-0.25, -0.2) is 13.4 Å². The Labute approximate surface area is 211 Å². The van der Waals surface area contributed by atoms with Gasteiger partial charge < -0.3 is 5.32 Å². The van der Waals surface area contributed by atoms with Crippen LogP contribution in [0, 0.1) is 20.2 Å². The van der Waals surface area contributed by atoms with Crippen molar-refractivity contribution in [2.75, 3.05) is 10.0 Å². The topological polar surface area (TPSA) is 170 Å². The van der Waals surface area contributed by atoms with Crippen LogP contribution in [0.15, 0.2) is 90.0 Å². The highest BCUT2D eigenvalue weighted by atomic mass is 32.2. The van der Waals surface area contributed by atoms with Crippen molar-refractivity contribution >= 4 is 33.2 Å². The third-order valence-corrected chi connectivity index (χ3v) is 6.79. The number of non-ortho nitro benzene ring substituents is 2. The van der Waals surface area contributed by atoms with Gasteiger partial charge in [0.2, 0.25) is 5.95 Å². The monoisotopic (exact) mass is 520 g/mol. The molecule has 4 aromatic rings. The fourth-order valence-electron chi connectivity index (χ4n) is 3.45. The maximum absolute atomic E-state index is 12.6. The Hall–Kier alpha value is -4.91. The number of hydrogen-bond donors (Lipinski definition) is 2. The second-order valence-corrected chi connectivity index (χ2v) is 9.60. The molecular formula is C24H20N6O6S. The van der Waals surface area contributed by atoms with E-state index in [2.05, 4.69) is 20.0 Å². The van der Waals surface area contributed by atoms with Crippen LogP contribution in [0.4, 0.5) is 23.1 Å². The molecule has 0 aliphatic carbocycles. The summed E-state index contributed by atoms with van der Waals surface area (Å²) in [6.07, 6.45) is 1.40. The number of nitro benzene ring substituents is 2. The van der Waals surface area contributed by atoms with Gasteiger partial charge in [-0.05, 0) is 53.9 Å². The summed E-state index contributed by atoms with van der Waals surface area (Å²) in [5, 5.41) is 24.7. The van der Waals surface area contributed by atoms with Crippen LogP contribution in [0.2, 0.25) is 0 Å². The zero-order chi connectivity index (χ0) is 26.6. The molecule has 4 rings (SSSR count). The Morgan fingerprint density at radius 2 is 1.30 bits per heavy atom. The van der Waals surface area contributed by atoms with E-state index in [0.717, 1.165) is 41.0 Å². The van der Waals surface area contributed by atoms with Crippen molar-refractivity contribution in [2.45, 2.75) is 17.9 Å². The van der Waals surface area contributed by atoms with E-state index in [1.165, 1.54) is 24.4 Å². The lowest BCUT2D eigenvalue weighted by molar-refractivity contribution is -0.385. The Balaban J connectivity index is 1.44. The van der Waals surface area contributed by atoms with Crippen molar-refractivity contribution in [2.24, 2.45) is 0 Å². The first-order valence-electron chi connectivity index (χ1n) is 10.8. The molecule has 0 aliphatic rings. The number of benzene rings is 3. The highest BCUT2D eigenvalue weighted by molar-refractivity contribution is 7.92. The number of nitro groups is 2. The maximum Gasteiger partial charge on any atom is 0.269 e. The zero-order valence-electron chi connectivity index (χ0n) is 19.3. The minimum Gasteiger partial charge on any atom is -0.348 e. The maximum atomic E-state index is 12.6. The molecule has 3 aromatic carbocycles. The van der Waals surface area contributed by atoms with E-state index in [1.807, 2.05) is 31.2 Å². The number of nitrogens with one attached hydrogen (secondary N) is 2. The average molecular weight is 521 g/mol. The smallest absolute Gasteiger partial charge is 0.269 e. The molecule has 13 heteroatoms. The molecule has 2 N–H and O–H groups in total. The zero-order valence-corrected chi connectivity index (χ0v) is 20.1. The SMILES string of the molecule is C[C@H](Nc1nccc(NS(=O)(=O)c2ccc([N+](=O)[O-])cc2)n1)c1ccc(-c2ccc([N+](=O)[O-])cc2)cc1. The number of anilines is 2. The van der Waals surface area contributed by atoms with Crippen LogP contribution in [-0.2, 0) is 10.0 Å². The first kappa shape index (κ1) is 25.2. The van der Waals surface area contributed by atoms with Crippen molar-refractivity contribution < 1.29 is 18.3 Å². The molecule has 1 heterocycles. The minimum absolute atomic E-state index is 0.0236. The summed E-state index contributed by atoms with van der Waals surface area (Å²) < 4.78 is 27.6. The normalized spacial score (nSPS) is 11.9. The summed E-state index contributed by atoms with van der Waals surface area (Å²) >= 11 is 0. The molecular weight excluding hydrogens is 500 g/mol. The van der Waals surface area contributed by atoms with Crippen molar-refractivity contribution in [3.8, 4) is 11.1 Å². The van der Waals surface area contributed by atoms with Crippen molar-refractivity contribution in [3.63, 3.8) is 0 Å². The van der Waals surface area contributed by atoms with Crippen LogP contribution in [-0.4, -0.2) is 28.2 Å². The van der Waals surface area contributed by atoms with E-state index in [4.69, 9.17) is 0 Å². The molecule has 1 aromatic heterocycles. The van der Waals surface area contributed by atoms with Crippen LogP contribution >= 0.6 is 0 Å². The molecule has 37 heavy (non-hydrogen) atoms. The summed E-state index contributed by atoms with van der Waals surface area (Å²) in [5.74, 6) is 0.215. The molecule has 188 valence electrons. The number of nitrogens with zero attached hydrogens (tertiary/aromatic N) is 4. The molecule has 0 unspecified atom stereocenters. The van der Waals surface area contributed by atoms with Crippen LogP contribution in [0.3, 0.4) is 0 Å². The van der Waals surface area contributed by atoms with Gasteiger partial charge in [-0.15, -0.1) is 0 Å². The predicted molar refractivity (Wildman–Crippen MR) is 137 cm³/mol. The lowest BCUT2D eigenvalue weighted by atomic mass is 10.0. The molecule has 0 saturated heterocycles. The lowest BCUT2D eigenvalue weighted by Crippen LogP contribution is -2.15. The molecule has 0 aliphatic heterocycles. The van der Waals surface area contributed by atoms with E-state index in [-0.39, 0.29) is 34.1 Å². The van der Waals surface area contributed by atoms with Crippen molar-refractivity contribution in [1.29, 1.82) is 0 Å². The second kappa shape index (κ2) is 10.4. The van der Waals surface area contributed by atoms with Gasteiger partial charge in [0.05, 0.1) is 20.8 Å².